The summed E-state index contributed by atoms with van der Waals surface area (Å²) in [4.78, 5) is 21.1. The van der Waals surface area contributed by atoms with E-state index in [1.807, 2.05) is 36.1 Å². The van der Waals surface area contributed by atoms with Gasteiger partial charge in [-0.3, -0.25) is 10.1 Å². The third kappa shape index (κ3) is 3.37. The molecule has 0 radical (unpaired) electrons. The van der Waals surface area contributed by atoms with Crippen molar-refractivity contribution in [3.63, 3.8) is 0 Å². The van der Waals surface area contributed by atoms with Crippen molar-refractivity contribution in [2.24, 2.45) is 0 Å². The molecule has 2 aromatic rings. The number of hydrogen-bond acceptors (Lipinski definition) is 7. The van der Waals surface area contributed by atoms with Crippen LogP contribution in [0.3, 0.4) is 0 Å². The molecule has 0 saturated carbocycles. The Balaban J connectivity index is 1.95. The molecule has 1 aliphatic rings. The Kier molecular flexibility index (Phi) is 4.33. The van der Waals surface area contributed by atoms with Gasteiger partial charge in [-0.05, 0) is 19.1 Å². The summed E-state index contributed by atoms with van der Waals surface area (Å²) in [7, 11) is 0. The summed E-state index contributed by atoms with van der Waals surface area (Å²) >= 11 is 0. The lowest BCUT2D eigenvalue weighted by Gasteiger charge is -2.27. The Labute approximate surface area is 133 Å². The van der Waals surface area contributed by atoms with E-state index in [4.69, 9.17) is 4.74 Å². The van der Waals surface area contributed by atoms with Crippen molar-refractivity contribution in [3.05, 3.63) is 46.3 Å². The monoisotopic (exact) mass is 315 g/mol. The summed E-state index contributed by atoms with van der Waals surface area (Å²) in [5.74, 6) is 0.512. The van der Waals surface area contributed by atoms with E-state index in [1.54, 1.807) is 0 Å². The summed E-state index contributed by atoms with van der Waals surface area (Å²) in [6.07, 6.45) is 1.34. The smallest absolute Gasteiger partial charge is 0.353 e. The minimum atomic E-state index is -0.443. The van der Waals surface area contributed by atoms with Crippen LogP contribution in [0.25, 0.3) is 0 Å². The number of rotatable bonds is 4. The van der Waals surface area contributed by atoms with Crippen LogP contribution in [0.1, 0.15) is 5.56 Å². The zero-order valence-electron chi connectivity index (χ0n) is 12.7. The van der Waals surface area contributed by atoms with Crippen LogP contribution in [0.4, 0.5) is 23.0 Å². The zero-order valence-corrected chi connectivity index (χ0v) is 12.7. The van der Waals surface area contributed by atoms with Crippen molar-refractivity contribution in [1.29, 1.82) is 0 Å². The van der Waals surface area contributed by atoms with Gasteiger partial charge in [-0.2, -0.15) is 0 Å². The van der Waals surface area contributed by atoms with Crippen molar-refractivity contribution >= 4 is 23.0 Å². The number of nitrogens with one attached hydrogen (secondary N) is 1. The Morgan fingerprint density at radius 3 is 2.57 bits per heavy atom. The van der Waals surface area contributed by atoms with Crippen LogP contribution < -0.4 is 10.2 Å². The number of anilines is 3. The first-order valence-corrected chi connectivity index (χ1v) is 7.31. The van der Waals surface area contributed by atoms with Gasteiger partial charge in [0.2, 0.25) is 11.6 Å². The molecule has 0 amide bonds. The molecule has 8 heteroatoms. The number of nitro groups is 1. The predicted molar refractivity (Wildman–Crippen MR) is 86.2 cm³/mol. The highest BCUT2D eigenvalue weighted by Crippen LogP contribution is 2.33. The van der Waals surface area contributed by atoms with Crippen molar-refractivity contribution in [2.75, 3.05) is 36.5 Å². The molecule has 1 aliphatic heterocycles. The minimum Gasteiger partial charge on any atom is -0.378 e. The van der Waals surface area contributed by atoms with Crippen LogP contribution in [0.15, 0.2) is 30.6 Å². The molecule has 0 spiro atoms. The summed E-state index contributed by atoms with van der Waals surface area (Å²) in [6.45, 7) is 4.18. The number of hydrogen-bond donors (Lipinski definition) is 1. The number of aromatic nitrogens is 2. The van der Waals surface area contributed by atoms with Crippen LogP contribution in [0.2, 0.25) is 0 Å². The lowest BCUT2D eigenvalue weighted by atomic mass is 10.2. The van der Waals surface area contributed by atoms with E-state index in [1.165, 1.54) is 6.33 Å². The van der Waals surface area contributed by atoms with Crippen molar-refractivity contribution in [2.45, 2.75) is 6.92 Å². The van der Waals surface area contributed by atoms with Gasteiger partial charge in [-0.1, -0.05) is 17.7 Å². The molecule has 1 aromatic carbocycles. The molecule has 120 valence electrons. The summed E-state index contributed by atoms with van der Waals surface area (Å²) in [6, 6.07) is 7.57. The Morgan fingerprint density at radius 1 is 1.22 bits per heavy atom. The second kappa shape index (κ2) is 6.57. The maximum atomic E-state index is 11.6. The summed E-state index contributed by atoms with van der Waals surface area (Å²) in [5.41, 5.74) is 1.74. The molecular weight excluding hydrogens is 298 g/mol. The van der Waals surface area contributed by atoms with Gasteiger partial charge in [-0.25, -0.2) is 9.97 Å². The van der Waals surface area contributed by atoms with Gasteiger partial charge in [-0.15, -0.1) is 0 Å². The minimum absolute atomic E-state index is 0.116. The van der Waals surface area contributed by atoms with Crippen molar-refractivity contribution < 1.29 is 9.66 Å². The number of ether oxygens (including phenoxy) is 1. The normalized spacial score (nSPS) is 14.6. The van der Waals surface area contributed by atoms with Crippen molar-refractivity contribution in [1.82, 2.24) is 9.97 Å². The van der Waals surface area contributed by atoms with Crippen LogP contribution in [0, 0.1) is 17.0 Å². The quantitative estimate of drug-likeness (QED) is 0.683. The van der Waals surface area contributed by atoms with Gasteiger partial charge in [0.25, 0.3) is 0 Å². The molecule has 1 saturated heterocycles. The van der Waals surface area contributed by atoms with E-state index < -0.39 is 4.92 Å². The maximum absolute atomic E-state index is 11.6. The van der Waals surface area contributed by atoms with E-state index >= 15 is 0 Å². The third-order valence-corrected chi connectivity index (χ3v) is 3.61. The standard InChI is InChI=1S/C15H17N5O3/c1-11-2-4-12(5-3-11)18-14-13(20(21)22)15(17-10-16-14)19-6-8-23-9-7-19/h2-5,10H,6-9H2,1H3,(H,16,17,18). The largest absolute Gasteiger partial charge is 0.378 e. The second-order valence-corrected chi connectivity index (χ2v) is 5.24. The van der Waals surface area contributed by atoms with Gasteiger partial charge >= 0.3 is 5.69 Å². The molecule has 2 heterocycles. The Bertz CT molecular complexity index is 699. The Hall–Kier alpha value is -2.74. The van der Waals surface area contributed by atoms with Gasteiger partial charge in [0.1, 0.15) is 6.33 Å². The molecule has 1 aromatic heterocycles. The maximum Gasteiger partial charge on any atom is 0.353 e. The topological polar surface area (TPSA) is 93.4 Å². The SMILES string of the molecule is Cc1ccc(Nc2ncnc(N3CCOCC3)c2[N+](=O)[O-])cc1. The van der Waals surface area contributed by atoms with E-state index in [2.05, 4.69) is 15.3 Å². The highest BCUT2D eigenvalue weighted by atomic mass is 16.6. The first-order valence-electron chi connectivity index (χ1n) is 7.31. The first kappa shape index (κ1) is 15.2. The summed E-state index contributed by atoms with van der Waals surface area (Å²) in [5, 5.41) is 14.6. The average Bonchev–Trinajstić information content (AvgIpc) is 2.57. The highest BCUT2D eigenvalue weighted by molar-refractivity contribution is 5.74. The van der Waals surface area contributed by atoms with Gasteiger partial charge in [0, 0.05) is 18.8 Å². The molecule has 0 unspecified atom stereocenters. The number of nitrogens with zero attached hydrogens (tertiary/aromatic N) is 4. The molecule has 23 heavy (non-hydrogen) atoms. The molecule has 0 atom stereocenters. The molecule has 8 nitrogen and oxygen atoms in total. The van der Waals surface area contributed by atoms with E-state index in [9.17, 15) is 10.1 Å². The van der Waals surface area contributed by atoms with E-state index in [0.717, 1.165) is 11.3 Å². The van der Waals surface area contributed by atoms with Crippen LogP contribution in [-0.4, -0.2) is 41.2 Å². The number of benzene rings is 1. The molecular formula is C15H17N5O3. The lowest BCUT2D eigenvalue weighted by molar-refractivity contribution is -0.383. The van der Waals surface area contributed by atoms with Gasteiger partial charge in [0.15, 0.2) is 0 Å². The molecule has 1 N–H and O–H groups in total. The average molecular weight is 315 g/mol. The van der Waals surface area contributed by atoms with Gasteiger partial charge < -0.3 is 15.0 Å². The fourth-order valence-corrected chi connectivity index (χ4v) is 2.41. The molecule has 3 rings (SSSR count). The fourth-order valence-electron chi connectivity index (χ4n) is 2.41. The van der Waals surface area contributed by atoms with Crippen LogP contribution >= 0.6 is 0 Å². The first-order chi connectivity index (χ1) is 11.1. The summed E-state index contributed by atoms with van der Waals surface area (Å²) < 4.78 is 5.29. The predicted octanol–water partition coefficient (Wildman–Crippen LogP) is 2.27. The van der Waals surface area contributed by atoms with E-state index in [0.29, 0.717) is 32.1 Å². The third-order valence-electron chi connectivity index (χ3n) is 3.61. The number of aryl methyl sites for hydroxylation is 1. The Morgan fingerprint density at radius 2 is 1.91 bits per heavy atom. The zero-order chi connectivity index (χ0) is 16.2. The fraction of sp³-hybridized carbons (Fsp3) is 0.333. The second-order valence-electron chi connectivity index (χ2n) is 5.24. The van der Waals surface area contributed by atoms with Crippen molar-refractivity contribution in [3.8, 4) is 0 Å². The lowest BCUT2D eigenvalue weighted by Crippen LogP contribution is -2.37. The molecule has 0 aliphatic carbocycles. The number of morpholine rings is 1. The molecule has 1 fully saturated rings. The van der Waals surface area contributed by atoms with Crippen LogP contribution in [0.5, 0.6) is 0 Å². The van der Waals surface area contributed by atoms with Gasteiger partial charge in [0.05, 0.1) is 18.1 Å². The molecule has 0 bridgehead atoms. The van der Waals surface area contributed by atoms with Crippen LogP contribution in [-0.2, 0) is 4.74 Å². The van der Waals surface area contributed by atoms with E-state index in [-0.39, 0.29) is 11.5 Å². The highest BCUT2D eigenvalue weighted by Gasteiger charge is 2.28.